The number of H-pyrrole nitrogens is 1. The molecule has 0 bridgehead atoms. The summed E-state index contributed by atoms with van der Waals surface area (Å²) in [6.45, 7) is 0. The molecule has 0 fully saturated rings. The third-order valence-corrected chi connectivity index (χ3v) is 5.88. The molecule has 0 radical (unpaired) electrons. The van der Waals surface area contributed by atoms with Gasteiger partial charge < -0.3 is 4.98 Å². The summed E-state index contributed by atoms with van der Waals surface area (Å²) in [5, 5.41) is 1.03. The van der Waals surface area contributed by atoms with Gasteiger partial charge in [-0.05, 0) is 23.8 Å². The molecule has 0 amide bonds. The number of nitrogens with zero attached hydrogens (tertiary/aromatic N) is 1. The predicted octanol–water partition coefficient (Wildman–Crippen LogP) is 4.54. The zero-order valence-electron chi connectivity index (χ0n) is 10.9. The molecule has 1 unspecified atom stereocenters. The fraction of sp³-hybridized carbons (Fsp3) is 0.188. The summed E-state index contributed by atoms with van der Waals surface area (Å²) in [6, 6.07) is 17.0. The summed E-state index contributed by atoms with van der Waals surface area (Å²) >= 11 is 3.80. The smallest absolute Gasteiger partial charge is 0.166 e. The van der Waals surface area contributed by atoms with E-state index in [1.165, 1.54) is 16.2 Å². The number of imidazole rings is 1. The molecule has 4 heteroatoms. The number of nitrogens with one attached hydrogen (secondary N) is 1. The molecule has 1 aromatic heterocycles. The largest absolute Gasteiger partial charge is 0.333 e. The van der Waals surface area contributed by atoms with Crippen LogP contribution in [0.1, 0.15) is 11.5 Å². The van der Waals surface area contributed by atoms with Crippen LogP contribution in [0.2, 0.25) is 0 Å². The van der Waals surface area contributed by atoms with Gasteiger partial charge in [0, 0.05) is 22.3 Å². The fourth-order valence-corrected chi connectivity index (χ4v) is 4.95. The van der Waals surface area contributed by atoms with E-state index in [0.29, 0.717) is 5.92 Å². The minimum absolute atomic E-state index is 0.634. The van der Waals surface area contributed by atoms with Gasteiger partial charge in [0.1, 0.15) is 0 Å². The fourth-order valence-electron chi connectivity index (χ4n) is 2.54. The Kier molecular flexibility index (Phi) is 3.20. The van der Waals surface area contributed by atoms with E-state index >= 15 is 0 Å². The van der Waals surface area contributed by atoms with Crippen LogP contribution in [0, 0.1) is 0 Å². The Labute approximate surface area is 126 Å². The van der Waals surface area contributed by atoms with Gasteiger partial charge in [-0.2, -0.15) is 0 Å². The minimum atomic E-state index is 0.634. The first-order valence-electron chi connectivity index (χ1n) is 6.69. The van der Waals surface area contributed by atoms with Gasteiger partial charge in [-0.25, -0.2) is 4.98 Å². The van der Waals surface area contributed by atoms with Crippen molar-refractivity contribution in [3.8, 4) is 0 Å². The van der Waals surface area contributed by atoms with Gasteiger partial charge in [-0.1, -0.05) is 42.1 Å². The summed E-state index contributed by atoms with van der Waals surface area (Å²) in [7, 11) is 0. The van der Waals surface area contributed by atoms with Gasteiger partial charge in [0.05, 0.1) is 11.0 Å². The van der Waals surface area contributed by atoms with Crippen LogP contribution in [0.5, 0.6) is 0 Å². The molecule has 20 heavy (non-hydrogen) atoms. The first kappa shape index (κ1) is 12.4. The first-order valence-corrected chi connectivity index (χ1v) is 8.66. The van der Waals surface area contributed by atoms with Crippen molar-refractivity contribution < 1.29 is 0 Å². The van der Waals surface area contributed by atoms with Gasteiger partial charge in [0.15, 0.2) is 5.16 Å². The van der Waals surface area contributed by atoms with E-state index in [4.69, 9.17) is 0 Å². The van der Waals surface area contributed by atoms with Gasteiger partial charge in [-0.15, -0.1) is 11.8 Å². The van der Waals surface area contributed by atoms with Crippen molar-refractivity contribution in [3.63, 3.8) is 0 Å². The second-order valence-electron chi connectivity index (χ2n) is 4.92. The molecule has 1 aliphatic heterocycles. The molecule has 0 saturated heterocycles. The summed E-state index contributed by atoms with van der Waals surface area (Å²) in [5.41, 5.74) is 3.67. The van der Waals surface area contributed by atoms with Crippen LogP contribution >= 0.6 is 23.5 Å². The van der Waals surface area contributed by atoms with Crippen molar-refractivity contribution in [1.82, 2.24) is 9.97 Å². The molecule has 3 aromatic rings. The van der Waals surface area contributed by atoms with E-state index in [9.17, 15) is 0 Å². The zero-order chi connectivity index (χ0) is 13.4. The maximum atomic E-state index is 4.63. The monoisotopic (exact) mass is 298 g/mol. The molecular weight excluding hydrogens is 284 g/mol. The SMILES string of the molecule is c1ccc2c(c1)SCC2CSc1nc2ccccc2[nH]1. The maximum absolute atomic E-state index is 4.63. The predicted molar refractivity (Wildman–Crippen MR) is 86.7 cm³/mol. The van der Waals surface area contributed by atoms with E-state index in [0.717, 1.165) is 21.9 Å². The number of aromatic amines is 1. The van der Waals surface area contributed by atoms with Crippen molar-refractivity contribution in [2.45, 2.75) is 16.0 Å². The Hall–Kier alpha value is -1.39. The average molecular weight is 298 g/mol. The van der Waals surface area contributed by atoms with E-state index in [1.807, 2.05) is 35.7 Å². The molecule has 2 heterocycles. The number of hydrogen-bond donors (Lipinski definition) is 1. The second-order valence-corrected chi connectivity index (χ2v) is 6.99. The van der Waals surface area contributed by atoms with Crippen LogP contribution < -0.4 is 0 Å². The molecule has 1 atom stereocenters. The lowest BCUT2D eigenvalue weighted by atomic mass is 10.0. The number of fused-ring (bicyclic) bond motifs is 2. The van der Waals surface area contributed by atoms with Crippen LogP contribution in [-0.2, 0) is 0 Å². The van der Waals surface area contributed by atoms with Crippen LogP contribution in [0.25, 0.3) is 11.0 Å². The van der Waals surface area contributed by atoms with Gasteiger partial charge in [-0.3, -0.25) is 0 Å². The number of para-hydroxylation sites is 2. The highest BCUT2D eigenvalue weighted by atomic mass is 32.2. The van der Waals surface area contributed by atoms with Crippen LogP contribution in [-0.4, -0.2) is 21.5 Å². The average Bonchev–Trinajstić information content (AvgIpc) is 3.08. The Bertz CT molecular complexity index is 718. The quantitative estimate of drug-likeness (QED) is 0.719. The van der Waals surface area contributed by atoms with Crippen molar-refractivity contribution >= 4 is 34.6 Å². The van der Waals surface area contributed by atoms with Crippen molar-refractivity contribution in [2.24, 2.45) is 0 Å². The van der Waals surface area contributed by atoms with Gasteiger partial charge in [0.25, 0.3) is 0 Å². The summed E-state index contributed by atoms with van der Waals surface area (Å²) in [6.07, 6.45) is 0. The number of thioether (sulfide) groups is 2. The number of rotatable bonds is 3. The molecule has 1 aliphatic rings. The third-order valence-electron chi connectivity index (χ3n) is 3.59. The molecule has 1 N–H and O–H groups in total. The van der Waals surface area contributed by atoms with Crippen LogP contribution in [0.4, 0.5) is 0 Å². The standard InChI is InChI=1S/C16H14N2S2/c1-4-8-15-12(5-1)11(9-19-15)10-20-16-17-13-6-2-3-7-14(13)18-16/h1-8,11H,9-10H2,(H,17,18). The highest BCUT2D eigenvalue weighted by Gasteiger charge is 2.22. The zero-order valence-corrected chi connectivity index (χ0v) is 12.5. The van der Waals surface area contributed by atoms with Crippen LogP contribution in [0.3, 0.4) is 0 Å². The van der Waals surface area contributed by atoms with Crippen molar-refractivity contribution in [1.29, 1.82) is 0 Å². The van der Waals surface area contributed by atoms with E-state index in [-0.39, 0.29) is 0 Å². The minimum Gasteiger partial charge on any atom is -0.333 e. The third kappa shape index (κ3) is 2.23. The maximum Gasteiger partial charge on any atom is 0.166 e. The molecule has 0 saturated carbocycles. The second kappa shape index (κ2) is 5.19. The Morgan fingerprint density at radius 2 is 2.00 bits per heavy atom. The van der Waals surface area contributed by atoms with E-state index in [2.05, 4.69) is 46.4 Å². The van der Waals surface area contributed by atoms with E-state index < -0.39 is 0 Å². The van der Waals surface area contributed by atoms with Gasteiger partial charge in [0.2, 0.25) is 0 Å². The molecule has 2 nitrogen and oxygen atoms in total. The van der Waals surface area contributed by atoms with Gasteiger partial charge >= 0.3 is 0 Å². The molecule has 100 valence electrons. The van der Waals surface area contributed by atoms with Crippen molar-refractivity contribution in [2.75, 3.05) is 11.5 Å². The number of hydrogen-bond acceptors (Lipinski definition) is 3. The topological polar surface area (TPSA) is 28.7 Å². The number of aromatic nitrogens is 2. The lowest BCUT2D eigenvalue weighted by molar-refractivity contribution is 0.892. The molecule has 2 aromatic carbocycles. The highest BCUT2D eigenvalue weighted by molar-refractivity contribution is 8.00. The summed E-state index contributed by atoms with van der Waals surface area (Å²) in [5.74, 6) is 2.91. The first-order chi connectivity index (χ1) is 9.90. The molecular formula is C16H14N2S2. The Morgan fingerprint density at radius 1 is 1.15 bits per heavy atom. The Balaban J connectivity index is 1.51. The van der Waals surface area contributed by atoms with Crippen molar-refractivity contribution in [3.05, 3.63) is 54.1 Å². The molecule has 0 aliphatic carbocycles. The summed E-state index contributed by atoms with van der Waals surface area (Å²) < 4.78 is 0. The molecule has 0 spiro atoms. The van der Waals surface area contributed by atoms with E-state index in [1.54, 1.807) is 0 Å². The number of benzene rings is 2. The highest BCUT2D eigenvalue weighted by Crippen LogP contribution is 2.41. The Morgan fingerprint density at radius 3 is 2.95 bits per heavy atom. The summed E-state index contributed by atoms with van der Waals surface area (Å²) in [4.78, 5) is 9.47. The normalized spacial score (nSPS) is 17.5. The molecule has 4 rings (SSSR count). The lowest BCUT2D eigenvalue weighted by Gasteiger charge is -2.08. The lowest BCUT2D eigenvalue weighted by Crippen LogP contribution is -2.00. The van der Waals surface area contributed by atoms with Crippen LogP contribution in [0.15, 0.2) is 58.6 Å².